The van der Waals surface area contributed by atoms with E-state index in [1.54, 1.807) is 41.5 Å². The molecule has 10 nitrogen and oxygen atoms in total. The van der Waals surface area contributed by atoms with E-state index in [1.807, 2.05) is 32.9 Å². The van der Waals surface area contributed by atoms with E-state index in [9.17, 15) is 19.4 Å². The van der Waals surface area contributed by atoms with Gasteiger partial charge in [-0.1, -0.05) is 19.9 Å². The zero-order chi connectivity index (χ0) is 30.8. The molecule has 0 radical (unpaired) electrons. The first kappa shape index (κ1) is 29.9. The highest BCUT2D eigenvalue weighted by atomic mass is 32.3. The van der Waals surface area contributed by atoms with Gasteiger partial charge >= 0.3 is 6.09 Å². The van der Waals surface area contributed by atoms with Gasteiger partial charge in [0.1, 0.15) is 5.60 Å². The number of piperazine rings is 1. The van der Waals surface area contributed by atoms with Crippen LogP contribution in [0.4, 0.5) is 10.5 Å². The molecule has 1 amide bonds. The second-order valence-electron chi connectivity index (χ2n) is 12.5. The Balaban J connectivity index is 1.63. The Morgan fingerprint density at radius 2 is 1.81 bits per heavy atom. The number of aromatic nitrogens is 1. The van der Waals surface area contributed by atoms with Crippen molar-refractivity contribution in [1.82, 2.24) is 14.2 Å². The number of fused-ring (bicyclic) bond motifs is 4. The van der Waals surface area contributed by atoms with E-state index in [0.29, 0.717) is 47.8 Å². The van der Waals surface area contributed by atoms with Crippen LogP contribution < -0.4 is 4.90 Å². The van der Waals surface area contributed by atoms with E-state index >= 15 is 0 Å². The van der Waals surface area contributed by atoms with Crippen molar-refractivity contribution in [3.05, 3.63) is 58.3 Å². The van der Waals surface area contributed by atoms with Crippen molar-refractivity contribution in [3.8, 4) is 6.07 Å². The van der Waals surface area contributed by atoms with E-state index in [4.69, 9.17) is 8.92 Å². The molecule has 3 aromatic rings. The summed E-state index contributed by atoms with van der Waals surface area (Å²) in [5, 5.41) is 10.2. The van der Waals surface area contributed by atoms with Crippen LogP contribution in [0.1, 0.15) is 67.4 Å². The summed E-state index contributed by atoms with van der Waals surface area (Å²) in [6.07, 6.45) is -0.349. The van der Waals surface area contributed by atoms with Crippen LogP contribution in [0.3, 0.4) is 0 Å². The molecule has 0 saturated carbocycles. The molecule has 2 N–H and O–H groups in total. The van der Waals surface area contributed by atoms with Gasteiger partial charge in [0, 0.05) is 67.8 Å². The molecule has 1 fully saturated rings. The van der Waals surface area contributed by atoms with Crippen LogP contribution in [-0.4, -0.2) is 83.6 Å². The third kappa shape index (κ3) is 4.82. The highest BCUT2D eigenvalue weighted by molar-refractivity contribution is 8.23. The lowest BCUT2D eigenvalue weighted by molar-refractivity contribution is 0.0240. The van der Waals surface area contributed by atoms with Crippen molar-refractivity contribution in [3.63, 3.8) is 0 Å². The second-order valence-corrected chi connectivity index (χ2v) is 15.0. The first-order valence-corrected chi connectivity index (χ1v) is 15.4. The number of anilines is 1. The number of nitriles is 1. The molecule has 1 aliphatic heterocycles. The number of carbonyl (C=O) groups is 2. The Morgan fingerprint density at radius 1 is 1.14 bits per heavy atom. The van der Waals surface area contributed by atoms with Gasteiger partial charge in [-0.25, -0.2) is 9.10 Å². The number of rotatable bonds is 4. The van der Waals surface area contributed by atoms with Crippen LogP contribution in [0.2, 0.25) is 0 Å². The predicted octanol–water partition coefficient (Wildman–Crippen LogP) is 5.64. The molecule has 5 rings (SSSR count). The van der Waals surface area contributed by atoms with E-state index in [0.717, 1.165) is 27.8 Å². The van der Waals surface area contributed by atoms with Crippen LogP contribution in [0.25, 0.3) is 10.9 Å². The van der Waals surface area contributed by atoms with Crippen LogP contribution in [-0.2, 0) is 14.3 Å². The highest BCUT2D eigenvalue weighted by Gasteiger charge is 2.42. The minimum Gasteiger partial charge on any atom is -0.444 e. The van der Waals surface area contributed by atoms with Gasteiger partial charge in [-0.15, -0.1) is 10.8 Å². The Hall–Kier alpha value is -3.56. The van der Waals surface area contributed by atoms with Gasteiger partial charge in [0.15, 0.2) is 5.78 Å². The number of nitrogens with one attached hydrogen (secondary N) is 1. The number of aromatic amines is 1. The lowest BCUT2D eigenvalue weighted by Gasteiger charge is -2.46. The molecule has 2 heterocycles. The molecule has 2 aliphatic rings. The summed E-state index contributed by atoms with van der Waals surface area (Å²) in [5.74, 6) is -0.144. The van der Waals surface area contributed by atoms with Crippen molar-refractivity contribution < 1.29 is 23.1 Å². The van der Waals surface area contributed by atoms with Gasteiger partial charge < -0.3 is 19.5 Å². The Labute approximate surface area is 248 Å². The SMILES string of the molecule is COS(O)(c1cc2c(cc1N1CCN(C(=O)OC(C)(C)C)CC1)C(C)(C)c1[nH]c3cc(C#N)ccc3c1C2=O)N(C)C. The molecular weight excluding hydrogens is 554 g/mol. The van der Waals surface area contributed by atoms with Crippen molar-refractivity contribution >= 4 is 39.2 Å². The molecule has 11 heteroatoms. The number of H-pyrrole nitrogens is 1. The van der Waals surface area contributed by atoms with Gasteiger partial charge in [0.05, 0.1) is 34.9 Å². The van der Waals surface area contributed by atoms with Gasteiger partial charge in [0.2, 0.25) is 0 Å². The molecule has 1 unspecified atom stereocenters. The number of hydrogen-bond acceptors (Lipinski definition) is 8. The summed E-state index contributed by atoms with van der Waals surface area (Å²) >= 11 is 0. The maximum Gasteiger partial charge on any atom is 0.410 e. The minimum absolute atomic E-state index is 0.144. The zero-order valence-electron chi connectivity index (χ0n) is 25.5. The monoisotopic (exact) mass is 593 g/mol. The number of amides is 1. The van der Waals surface area contributed by atoms with Gasteiger partial charge in [0.25, 0.3) is 0 Å². The normalized spacial score (nSPS) is 18.7. The molecule has 1 aromatic heterocycles. The molecule has 0 spiro atoms. The van der Waals surface area contributed by atoms with E-state index < -0.39 is 21.8 Å². The number of ether oxygens (including phenoxy) is 1. The Bertz CT molecular complexity index is 1630. The van der Waals surface area contributed by atoms with Crippen LogP contribution in [0, 0.1) is 11.3 Å². The molecule has 224 valence electrons. The average molecular weight is 594 g/mol. The van der Waals surface area contributed by atoms with Gasteiger partial charge in [-0.2, -0.15) is 5.26 Å². The molecule has 1 aliphatic carbocycles. The fraction of sp³-hybridized carbons (Fsp3) is 0.452. The van der Waals surface area contributed by atoms with Crippen molar-refractivity contribution in [2.75, 3.05) is 52.3 Å². The van der Waals surface area contributed by atoms with Crippen molar-refractivity contribution in [1.29, 1.82) is 5.26 Å². The van der Waals surface area contributed by atoms with Crippen molar-refractivity contribution in [2.24, 2.45) is 0 Å². The zero-order valence-corrected chi connectivity index (χ0v) is 26.3. The number of ketones is 1. The summed E-state index contributed by atoms with van der Waals surface area (Å²) in [4.78, 5) is 34.7. The van der Waals surface area contributed by atoms with E-state index in [-0.39, 0.29) is 11.9 Å². The molecule has 2 aromatic carbocycles. The van der Waals surface area contributed by atoms with E-state index in [2.05, 4.69) is 29.8 Å². The summed E-state index contributed by atoms with van der Waals surface area (Å²) in [5.41, 5.74) is 3.55. The molecule has 0 bridgehead atoms. The summed E-state index contributed by atoms with van der Waals surface area (Å²) in [7, 11) is 2.04. The van der Waals surface area contributed by atoms with Crippen LogP contribution >= 0.6 is 10.8 Å². The lowest BCUT2D eigenvalue weighted by atomic mass is 9.71. The summed E-state index contributed by atoms with van der Waals surface area (Å²) in [6, 6.07) is 11.3. The number of benzene rings is 2. The Morgan fingerprint density at radius 3 is 2.38 bits per heavy atom. The number of hydrogen-bond donors (Lipinski definition) is 2. The fourth-order valence-electron chi connectivity index (χ4n) is 5.87. The second kappa shape index (κ2) is 10.3. The summed E-state index contributed by atoms with van der Waals surface area (Å²) < 4.78 is 24.9. The van der Waals surface area contributed by atoms with Crippen molar-refractivity contribution in [2.45, 2.75) is 50.5 Å². The maximum atomic E-state index is 14.2. The maximum absolute atomic E-state index is 14.2. The largest absolute Gasteiger partial charge is 0.444 e. The van der Waals surface area contributed by atoms with Crippen LogP contribution in [0.5, 0.6) is 0 Å². The quantitative estimate of drug-likeness (QED) is 0.399. The minimum atomic E-state index is -2.93. The van der Waals surface area contributed by atoms with Gasteiger partial charge in [-0.3, -0.25) is 13.5 Å². The molecule has 1 saturated heterocycles. The first-order chi connectivity index (χ1) is 19.6. The number of carbonyl (C=O) groups excluding carboxylic acids is 2. The smallest absolute Gasteiger partial charge is 0.410 e. The standard InChI is InChI=1S/C31H39N5O5S/c1-30(2,3)41-29(38)36-13-11-35(12-14-36)24-17-22-21(16-25(24)42(39,40-8)34(6)7)27(37)26-20-10-9-19(18-32)15-23(20)33-28(26)31(22,4)5/h9-10,15-17,33,39H,11-14H2,1-8H3. The molecular formula is C31H39N5O5S. The predicted molar refractivity (Wildman–Crippen MR) is 164 cm³/mol. The molecule has 1 atom stereocenters. The lowest BCUT2D eigenvalue weighted by Crippen LogP contribution is -2.50. The fourth-order valence-corrected chi connectivity index (χ4v) is 7.47. The highest BCUT2D eigenvalue weighted by Crippen LogP contribution is 2.59. The third-order valence-electron chi connectivity index (χ3n) is 8.08. The Kier molecular flexibility index (Phi) is 7.34. The summed E-state index contributed by atoms with van der Waals surface area (Å²) in [6.45, 7) is 11.6. The van der Waals surface area contributed by atoms with E-state index in [1.165, 1.54) is 7.11 Å². The first-order valence-electron chi connectivity index (χ1n) is 13.9. The molecule has 42 heavy (non-hydrogen) atoms. The topological polar surface area (TPSA) is 122 Å². The third-order valence-corrected chi connectivity index (χ3v) is 10.4. The van der Waals surface area contributed by atoms with Gasteiger partial charge in [-0.05, 0) is 50.6 Å². The number of nitrogens with zero attached hydrogens (tertiary/aromatic N) is 4. The van der Waals surface area contributed by atoms with Crippen LogP contribution in [0.15, 0.2) is 35.2 Å². The average Bonchev–Trinajstić information content (AvgIpc) is 3.34.